The quantitative estimate of drug-likeness (QED) is 0.452. The Bertz CT molecular complexity index is 1220. The van der Waals surface area contributed by atoms with Crippen molar-refractivity contribution in [2.75, 3.05) is 16.0 Å². The summed E-state index contributed by atoms with van der Waals surface area (Å²) in [6.45, 7) is 4.50. The van der Waals surface area contributed by atoms with Crippen molar-refractivity contribution in [3.05, 3.63) is 58.9 Å². The van der Waals surface area contributed by atoms with Crippen LogP contribution in [-0.2, 0) is 16.1 Å². The molecule has 166 valence electrons. The van der Waals surface area contributed by atoms with Gasteiger partial charge in [-0.1, -0.05) is 49.4 Å². The normalized spacial score (nSPS) is 15.9. The van der Waals surface area contributed by atoms with E-state index in [0.717, 1.165) is 12.8 Å². The van der Waals surface area contributed by atoms with Crippen molar-refractivity contribution in [2.45, 2.75) is 50.9 Å². The Labute approximate surface area is 190 Å². The van der Waals surface area contributed by atoms with Crippen molar-refractivity contribution in [2.24, 2.45) is 0 Å². The van der Waals surface area contributed by atoms with E-state index in [9.17, 15) is 14.4 Å². The van der Waals surface area contributed by atoms with E-state index >= 15 is 0 Å². The molecule has 0 fully saturated rings. The lowest BCUT2D eigenvalue weighted by Crippen LogP contribution is -2.40. The van der Waals surface area contributed by atoms with E-state index < -0.39 is 0 Å². The van der Waals surface area contributed by atoms with E-state index in [4.69, 9.17) is 0 Å². The second kappa shape index (κ2) is 9.56. The Kier molecular flexibility index (Phi) is 6.60. The van der Waals surface area contributed by atoms with Crippen LogP contribution in [0.5, 0.6) is 0 Å². The number of para-hydroxylation sites is 3. The Balaban J connectivity index is 1.64. The molecule has 1 aromatic heterocycles. The van der Waals surface area contributed by atoms with Gasteiger partial charge in [0.2, 0.25) is 11.8 Å². The van der Waals surface area contributed by atoms with Gasteiger partial charge in [0, 0.05) is 19.0 Å². The summed E-state index contributed by atoms with van der Waals surface area (Å²) in [6.07, 6.45) is 2.03. The van der Waals surface area contributed by atoms with Crippen molar-refractivity contribution < 1.29 is 9.59 Å². The summed E-state index contributed by atoms with van der Waals surface area (Å²) >= 11 is 1.27. The lowest BCUT2D eigenvalue weighted by atomic mass is 10.2. The first-order valence-electron chi connectivity index (χ1n) is 10.8. The number of hydrogen-bond donors (Lipinski definition) is 1. The van der Waals surface area contributed by atoms with E-state index in [2.05, 4.69) is 17.2 Å². The number of nitrogens with zero attached hydrogens (tertiary/aromatic N) is 3. The van der Waals surface area contributed by atoms with E-state index in [1.165, 1.54) is 11.8 Å². The molecule has 0 radical (unpaired) electrons. The fourth-order valence-electron chi connectivity index (χ4n) is 3.93. The highest BCUT2D eigenvalue weighted by Gasteiger charge is 2.29. The molecule has 0 bridgehead atoms. The van der Waals surface area contributed by atoms with Gasteiger partial charge in [0.15, 0.2) is 5.16 Å². The minimum absolute atomic E-state index is 0.0812. The number of hydrogen-bond acceptors (Lipinski definition) is 5. The van der Waals surface area contributed by atoms with Gasteiger partial charge in [0.1, 0.15) is 0 Å². The van der Waals surface area contributed by atoms with Gasteiger partial charge in [0.25, 0.3) is 5.56 Å². The number of fused-ring (bicyclic) bond motifs is 2. The van der Waals surface area contributed by atoms with Gasteiger partial charge < -0.3 is 10.2 Å². The van der Waals surface area contributed by atoms with Crippen molar-refractivity contribution in [1.82, 2.24) is 9.55 Å². The maximum absolute atomic E-state index is 13.3. The van der Waals surface area contributed by atoms with Crippen LogP contribution in [-0.4, -0.2) is 33.2 Å². The van der Waals surface area contributed by atoms with Crippen LogP contribution >= 0.6 is 11.8 Å². The predicted molar refractivity (Wildman–Crippen MR) is 128 cm³/mol. The third-order valence-electron chi connectivity index (χ3n) is 5.51. The van der Waals surface area contributed by atoms with Crippen LogP contribution in [0.2, 0.25) is 0 Å². The highest BCUT2D eigenvalue weighted by atomic mass is 32.2. The van der Waals surface area contributed by atoms with Crippen molar-refractivity contribution in [1.29, 1.82) is 0 Å². The van der Waals surface area contributed by atoms with Crippen LogP contribution in [0.1, 0.15) is 33.1 Å². The van der Waals surface area contributed by atoms with Gasteiger partial charge in [0.05, 0.1) is 28.0 Å². The average Bonchev–Trinajstić information content (AvgIpc) is 2.91. The molecule has 2 aromatic carbocycles. The molecule has 0 saturated carbocycles. The summed E-state index contributed by atoms with van der Waals surface area (Å²) < 4.78 is 1.68. The third kappa shape index (κ3) is 4.41. The Morgan fingerprint density at radius 2 is 1.91 bits per heavy atom. The van der Waals surface area contributed by atoms with Crippen LogP contribution in [0, 0.1) is 0 Å². The largest absolute Gasteiger partial charge is 0.324 e. The van der Waals surface area contributed by atoms with Crippen LogP contribution in [0.4, 0.5) is 11.4 Å². The van der Waals surface area contributed by atoms with Gasteiger partial charge in [-0.25, -0.2) is 4.98 Å². The molecule has 2 amide bonds. The second-order valence-corrected chi connectivity index (χ2v) is 8.84. The molecule has 1 atom stereocenters. The fraction of sp³-hybridized carbons (Fsp3) is 0.333. The molecule has 0 spiro atoms. The first-order chi connectivity index (χ1) is 15.5. The maximum atomic E-state index is 13.3. The van der Waals surface area contributed by atoms with Crippen LogP contribution in [0.25, 0.3) is 10.9 Å². The maximum Gasteiger partial charge on any atom is 0.262 e. The molecule has 32 heavy (non-hydrogen) atoms. The van der Waals surface area contributed by atoms with Gasteiger partial charge >= 0.3 is 0 Å². The molecule has 8 heteroatoms. The first-order valence-corrected chi connectivity index (χ1v) is 11.8. The third-order valence-corrected chi connectivity index (χ3v) is 6.48. The SMILES string of the molecule is CCCCn1c(SCC(=O)N2c3ccccc3NC(=O)C[C@@H]2C)nc2ccccc2c1=O. The van der Waals surface area contributed by atoms with Crippen LogP contribution < -0.4 is 15.8 Å². The summed E-state index contributed by atoms with van der Waals surface area (Å²) in [7, 11) is 0. The number of carbonyl (C=O) groups excluding carboxylic acids is 2. The highest BCUT2D eigenvalue weighted by molar-refractivity contribution is 7.99. The molecule has 7 nitrogen and oxygen atoms in total. The first kappa shape index (κ1) is 22.1. The van der Waals surface area contributed by atoms with E-state index in [1.807, 2.05) is 43.3 Å². The molecular formula is C24H26N4O3S. The lowest BCUT2D eigenvalue weighted by Gasteiger charge is -2.27. The Morgan fingerprint density at radius 3 is 2.72 bits per heavy atom. The van der Waals surface area contributed by atoms with Crippen LogP contribution in [0.15, 0.2) is 58.5 Å². The number of amides is 2. The molecule has 1 aliphatic heterocycles. The van der Waals surface area contributed by atoms with E-state index in [-0.39, 0.29) is 35.6 Å². The number of rotatable bonds is 6. The molecule has 0 saturated heterocycles. The number of aromatic nitrogens is 2. The summed E-state index contributed by atoms with van der Waals surface area (Å²) in [5.41, 5.74) is 1.86. The zero-order valence-electron chi connectivity index (χ0n) is 18.2. The van der Waals surface area contributed by atoms with Gasteiger partial charge in [-0.2, -0.15) is 0 Å². The van der Waals surface area contributed by atoms with E-state index in [1.54, 1.807) is 21.6 Å². The second-order valence-electron chi connectivity index (χ2n) is 7.89. The van der Waals surface area contributed by atoms with Crippen molar-refractivity contribution in [3.63, 3.8) is 0 Å². The standard InChI is InChI=1S/C24H26N4O3S/c1-3-4-13-27-23(31)17-9-5-6-10-18(17)26-24(27)32-15-22(30)28-16(2)14-21(29)25-19-11-7-8-12-20(19)28/h5-12,16H,3-4,13-15H2,1-2H3,(H,25,29)/t16-/m0/s1. The van der Waals surface area contributed by atoms with Crippen molar-refractivity contribution in [3.8, 4) is 0 Å². The molecule has 0 aliphatic carbocycles. The highest BCUT2D eigenvalue weighted by Crippen LogP contribution is 2.32. The fourth-order valence-corrected chi connectivity index (χ4v) is 4.82. The zero-order valence-corrected chi connectivity index (χ0v) is 19.0. The Morgan fingerprint density at radius 1 is 1.16 bits per heavy atom. The topological polar surface area (TPSA) is 84.3 Å². The lowest BCUT2D eigenvalue weighted by molar-refractivity contribution is -0.117. The number of carbonyl (C=O) groups is 2. The van der Waals surface area contributed by atoms with Gasteiger partial charge in [-0.15, -0.1) is 0 Å². The Hall–Kier alpha value is -3.13. The molecule has 1 N–H and O–H groups in total. The minimum Gasteiger partial charge on any atom is -0.324 e. The molecule has 0 unspecified atom stereocenters. The summed E-state index contributed by atoms with van der Waals surface area (Å²) in [5.74, 6) is -0.127. The zero-order chi connectivity index (χ0) is 22.7. The molecule has 1 aliphatic rings. The molecule has 2 heterocycles. The van der Waals surface area contributed by atoms with Crippen molar-refractivity contribution >= 4 is 45.9 Å². The summed E-state index contributed by atoms with van der Waals surface area (Å²) in [4.78, 5) is 45.0. The van der Waals surface area contributed by atoms with Crippen LogP contribution in [0.3, 0.4) is 0 Å². The number of anilines is 2. The van der Waals surface area contributed by atoms with Gasteiger partial charge in [-0.3, -0.25) is 19.0 Å². The smallest absolute Gasteiger partial charge is 0.262 e. The predicted octanol–water partition coefficient (Wildman–Crippen LogP) is 4.05. The molecular weight excluding hydrogens is 424 g/mol. The molecule has 3 aromatic rings. The minimum atomic E-state index is -0.279. The number of nitrogens with one attached hydrogen (secondary N) is 1. The molecule has 4 rings (SSSR count). The number of benzene rings is 2. The number of unbranched alkanes of at least 4 members (excludes halogenated alkanes) is 1. The number of thioether (sulfide) groups is 1. The van der Waals surface area contributed by atoms with Gasteiger partial charge in [-0.05, 0) is 37.6 Å². The monoisotopic (exact) mass is 450 g/mol. The summed E-state index contributed by atoms with van der Waals surface area (Å²) in [5, 5.41) is 4.00. The summed E-state index contributed by atoms with van der Waals surface area (Å²) in [6, 6.07) is 14.3. The van der Waals surface area contributed by atoms with E-state index in [0.29, 0.717) is 34.0 Å². The average molecular weight is 451 g/mol.